The minimum absolute atomic E-state index is 0.00238. The summed E-state index contributed by atoms with van der Waals surface area (Å²) in [6.45, 7) is 0.00238. The van der Waals surface area contributed by atoms with Gasteiger partial charge in [-0.25, -0.2) is 9.59 Å². The molecule has 1 amide bonds. The Hall–Kier alpha value is -3.10. The lowest BCUT2D eigenvalue weighted by atomic mass is 10.1. The summed E-state index contributed by atoms with van der Waals surface area (Å²) >= 11 is 0. The van der Waals surface area contributed by atoms with Crippen LogP contribution < -0.4 is 5.32 Å². The van der Waals surface area contributed by atoms with E-state index >= 15 is 0 Å². The summed E-state index contributed by atoms with van der Waals surface area (Å²) in [7, 11) is 1.14. The first kappa shape index (κ1) is 20.2. The molecule has 27 heavy (non-hydrogen) atoms. The van der Waals surface area contributed by atoms with E-state index in [4.69, 9.17) is 4.74 Å². The van der Waals surface area contributed by atoms with Gasteiger partial charge in [0, 0.05) is 12.6 Å². The van der Waals surface area contributed by atoms with E-state index in [1.165, 1.54) is 6.07 Å². The summed E-state index contributed by atoms with van der Waals surface area (Å²) in [5, 5.41) is 2.35. The topological polar surface area (TPSA) is 77.5 Å². The normalized spacial score (nSPS) is 12.1. The van der Waals surface area contributed by atoms with E-state index in [9.17, 15) is 22.8 Å². The summed E-state index contributed by atoms with van der Waals surface area (Å²) in [6, 6.07) is 9.76. The van der Waals surface area contributed by atoms with Crippen LogP contribution in [0.3, 0.4) is 0 Å². The van der Waals surface area contributed by atoms with Crippen molar-refractivity contribution in [3.05, 3.63) is 65.5 Å². The second kappa shape index (κ2) is 9.02. The van der Waals surface area contributed by atoms with Gasteiger partial charge in [0.15, 0.2) is 0 Å². The van der Waals surface area contributed by atoms with Gasteiger partial charge in [0.05, 0.1) is 7.11 Å². The first-order chi connectivity index (χ1) is 12.8. The van der Waals surface area contributed by atoms with Gasteiger partial charge in [-0.3, -0.25) is 4.98 Å². The van der Waals surface area contributed by atoms with Crippen molar-refractivity contribution in [2.75, 3.05) is 7.11 Å². The van der Waals surface area contributed by atoms with Crippen molar-refractivity contribution in [1.82, 2.24) is 10.3 Å². The monoisotopic (exact) mass is 382 g/mol. The van der Waals surface area contributed by atoms with E-state index < -0.39 is 30.0 Å². The minimum atomic E-state index is -4.56. The molecule has 0 aliphatic carbocycles. The fourth-order valence-electron chi connectivity index (χ4n) is 2.19. The largest absolute Gasteiger partial charge is 0.467 e. The number of hydrogen-bond donors (Lipinski definition) is 1. The minimum Gasteiger partial charge on any atom is -0.467 e. The third-order valence-electron chi connectivity index (χ3n) is 3.55. The van der Waals surface area contributed by atoms with E-state index in [-0.39, 0.29) is 13.0 Å². The SMILES string of the molecule is COC(=O)[C@H](Cc1ccc(C(F)(F)F)nc1)NC(=O)OCc1ccccc1. The van der Waals surface area contributed by atoms with Crippen molar-refractivity contribution < 1.29 is 32.2 Å². The van der Waals surface area contributed by atoms with Crippen LogP contribution in [0.5, 0.6) is 0 Å². The predicted molar refractivity (Wildman–Crippen MR) is 88.5 cm³/mol. The van der Waals surface area contributed by atoms with Crippen molar-refractivity contribution in [1.29, 1.82) is 0 Å². The number of esters is 1. The van der Waals surface area contributed by atoms with Gasteiger partial charge in [-0.1, -0.05) is 36.4 Å². The smallest absolute Gasteiger partial charge is 0.433 e. The van der Waals surface area contributed by atoms with Crippen molar-refractivity contribution in [2.24, 2.45) is 0 Å². The molecule has 1 N–H and O–H groups in total. The Balaban J connectivity index is 1.98. The Bertz CT molecular complexity index is 764. The summed E-state index contributed by atoms with van der Waals surface area (Å²) in [4.78, 5) is 27.1. The molecule has 144 valence electrons. The van der Waals surface area contributed by atoms with Gasteiger partial charge in [-0.2, -0.15) is 13.2 Å². The van der Waals surface area contributed by atoms with Gasteiger partial charge in [-0.05, 0) is 17.2 Å². The third-order valence-corrected chi connectivity index (χ3v) is 3.55. The number of amides is 1. The average molecular weight is 382 g/mol. The molecule has 2 aromatic rings. The zero-order chi connectivity index (χ0) is 19.9. The molecule has 0 saturated carbocycles. The van der Waals surface area contributed by atoms with Gasteiger partial charge < -0.3 is 14.8 Å². The Labute approximate surface area is 153 Å². The summed E-state index contributed by atoms with van der Waals surface area (Å²) < 4.78 is 47.3. The van der Waals surface area contributed by atoms with Crippen LogP contribution in [0.1, 0.15) is 16.8 Å². The molecule has 1 aromatic carbocycles. The fourth-order valence-corrected chi connectivity index (χ4v) is 2.19. The zero-order valence-electron chi connectivity index (χ0n) is 14.3. The van der Waals surface area contributed by atoms with Crippen molar-refractivity contribution in [3.63, 3.8) is 0 Å². The van der Waals surface area contributed by atoms with E-state index in [1.54, 1.807) is 24.3 Å². The van der Waals surface area contributed by atoms with Crippen LogP contribution >= 0.6 is 0 Å². The Morgan fingerprint density at radius 3 is 2.37 bits per heavy atom. The quantitative estimate of drug-likeness (QED) is 0.777. The highest BCUT2D eigenvalue weighted by atomic mass is 19.4. The number of nitrogens with zero attached hydrogens (tertiary/aromatic N) is 1. The van der Waals surface area contributed by atoms with Gasteiger partial charge in [0.1, 0.15) is 18.3 Å². The summed E-state index contributed by atoms with van der Waals surface area (Å²) in [5.74, 6) is -0.758. The molecule has 0 fully saturated rings. The van der Waals surface area contributed by atoms with Crippen molar-refractivity contribution in [3.8, 4) is 0 Å². The highest BCUT2D eigenvalue weighted by Gasteiger charge is 2.32. The molecule has 9 heteroatoms. The number of alkyl carbamates (subject to hydrolysis) is 1. The molecule has 0 unspecified atom stereocenters. The predicted octanol–water partition coefficient (Wildman–Crippen LogP) is 3.11. The van der Waals surface area contributed by atoms with Crippen LogP contribution in [-0.4, -0.2) is 30.2 Å². The molecule has 1 atom stereocenters. The maximum absolute atomic E-state index is 12.6. The lowest BCUT2D eigenvalue weighted by Crippen LogP contribution is -2.43. The van der Waals surface area contributed by atoms with Gasteiger partial charge in [-0.15, -0.1) is 0 Å². The standard InChI is InChI=1S/C18H17F3N2O4/c1-26-16(24)14(9-13-7-8-15(22-10-13)18(19,20)21)23-17(25)27-11-12-5-3-2-4-6-12/h2-8,10,14H,9,11H2,1H3,(H,23,25)/t14-/m0/s1. The second-order valence-corrected chi connectivity index (χ2v) is 5.54. The van der Waals surface area contributed by atoms with E-state index in [0.717, 1.165) is 24.9 Å². The van der Waals surface area contributed by atoms with E-state index in [1.807, 2.05) is 6.07 Å². The average Bonchev–Trinajstić information content (AvgIpc) is 2.65. The molecule has 0 aliphatic rings. The highest BCUT2D eigenvalue weighted by molar-refractivity contribution is 5.81. The summed E-state index contributed by atoms with van der Waals surface area (Å²) in [6.07, 6.45) is -4.51. The maximum atomic E-state index is 12.6. The zero-order valence-corrected chi connectivity index (χ0v) is 14.3. The molecular formula is C18H17F3N2O4. The summed E-state index contributed by atoms with van der Waals surface area (Å²) in [5.41, 5.74) is 0.0343. The Morgan fingerprint density at radius 2 is 1.81 bits per heavy atom. The van der Waals surface area contributed by atoms with E-state index in [2.05, 4.69) is 15.0 Å². The molecule has 0 aliphatic heterocycles. The number of benzene rings is 1. The van der Waals surface area contributed by atoms with Gasteiger partial charge >= 0.3 is 18.2 Å². The fraction of sp³-hybridized carbons (Fsp3) is 0.278. The van der Waals surface area contributed by atoms with Crippen LogP contribution in [0, 0.1) is 0 Å². The number of halogens is 3. The Kier molecular flexibility index (Phi) is 6.75. The number of carbonyl (C=O) groups is 2. The number of carbonyl (C=O) groups excluding carboxylic acids is 2. The molecule has 2 rings (SSSR count). The van der Waals surface area contributed by atoms with E-state index in [0.29, 0.717) is 5.56 Å². The maximum Gasteiger partial charge on any atom is 0.433 e. The lowest BCUT2D eigenvalue weighted by Gasteiger charge is -2.16. The van der Waals surface area contributed by atoms with Gasteiger partial charge in [0.25, 0.3) is 0 Å². The van der Waals surface area contributed by atoms with Crippen LogP contribution in [0.4, 0.5) is 18.0 Å². The van der Waals surface area contributed by atoms with Gasteiger partial charge in [0.2, 0.25) is 0 Å². The Morgan fingerprint density at radius 1 is 1.11 bits per heavy atom. The van der Waals surface area contributed by atoms with Crippen LogP contribution in [0.25, 0.3) is 0 Å². The number of aromatic nitrogens is 1. The molecule has 0 spiro atoms. The molecule has 0 radical (unpaired) electrons. The van der Waals surface area contributed by atoms with Crippen LogP contribution in [-0.2, 0) is 33.5 Å². The third kappa shape index (κ3) is 6.28. The number of ether oxygens (including phenoxy) is 2. The first-order valence-electron chi connectivity index (χ1n) is 7.86. The van der Waals surface area contributed by atoms with Crippen LogP contribution in [0.2, 0.25) is 0 Å². The number of pyridine rings is 1. The van der Waals surface area contributed by atoms with Crippen molar-refractivity contribution >= 4 is 12.1 Å². The molecular weight excluding hydrogens is 365 g/mol. The number of methoxy groups -OCH3 is 1. The second-order valence-electron chi connectivity index (χ2n) is 5.54. The molecule has 1 aromatic heterocycles. The molecule has 0 bridgehead atoms. The molecule has 6 nitrogen and oxygen atoms in total. The molecule has 0 saturated heterocycles. The number of nitrogens with one attached hydrogen (secondary N) is 1. The first-order valence-corrected chi connectivity index (χ1v) is 7.86. The number of alkyl halides is 3. The van der Waals surface area contributed by atoms with Crippen molar-refractivity contribution in [2.45, 2.75) is 25.2 Å². The highest BCUT2D eigenvalue weighted by Crippen LogP contribution is 2.27. The number of rotatable bonds is 6. The van der Waals surface area contributed by atoms with Crippen LogP contribution in [0.15, 0.2) is 48.7 Å². The molecule has 1 heterocycles. The lowest BCUT2D eigenvalue weighted by molar-refractivity contribution is -0.143. The number of hydrogen-bond acceptors (Lipinski definition) is 5.